The highest BCUT2D eigenvalue weighted by Gasteiger charge is 2.31. The first-order valence-corrected chi connectivity index (χ1v) is 8.18. The summed E-state index contributed by atoms with van der Waals surface area (Å²) in [6.07, 6.45) is 0. The van der Waals surface area contributed by atoms with Gasteiger partial charge in [0.2, 0.25) is 10.0 Å². The fraction of sp³-hybridized carbons (Fsp3) is 0.583. The summed E-state index contributed by atoms with van der Waals surface area (Å²) in [6, 6.07) is 1.63. The van der Waals surface area contributed by atoms with Crippen molar-refractivity contribution in [1.29, 1.82) is 0 Å². The van der Waals surface area contributed by atoms with Gasteiger partial charge in [0.1, 0.15) is 5.00 Å². The Bertz CT molecular complexity index is 567. The molecule has 0 radical (unpaired) electrons. The zero-order chi connectivity index (χ0) is 14.8. The van der Waals surface area contributed by atoms with E-state index in [9.17, 15) is 13.2 Å². The quantitative estimate of drug-likeness (QED) is 0.868. The molecule has 7 heteroatoms. The minimum Gasteiger partial charge on any atom is -0.462 e. The second-order valence-electron chi connectivity index (χ2n) is 5.04. The Labute approximate surface area is 118 Å². The molecule has 1 rings (SSSR count). The standard InChI is InChI=1S/C12H19NO4S2/c1-6-17-11(14)9-7-8(2)18-10(9)13-19(15,16)12(3,4)5/h7,13H,6H2,1-5H3. The summed E-state index contributed by atoms with van der Waals surface area (Å²) in [5.74, 6) is -0.515. The normalized spacial score (nSPS) is 12.3. The molecule has 0 amide bonds. The van der Waals surface area contributed by atoms with Gasteiger partial charge in [0, 0.05) is 4.88 Å². The topological polar surface area (TPSA) is 72.5 Å². The summed E-state index contributed by atoms with van der Waals surface area (Å²) in [6.45, 7) is 8.55. The highest BCUT2D eigenvalue weighted by Crippen LogP contribution is 2.31. The minimum absolute atomic E-state index is 0.249. The van der Waals surface area contributed by atoms with Crippen molar-refractivity contribution in [3.05, 3.63) is 16.5 Å². The van der Waals surface area contributed by atoms with Gasteiger partial charge in [-0.2, -0.15) is 0 Å². The third-order valence-corrected chi connectivity index (χ3v) is 5.56. The van der Waals surface area contributed by atoms with Gasteiger partial charge in [0.25, 0.3) is 0 Å². The van der Waals surface area contributed by atoms with Crippen molar-refractivity contribution in [1.82, 2.24) is 0 Å². The Morgan fingerprint density at radius 1 is 1.42 bits per heavy atom. The van der Waals surface area contributed by atoms with Crippen molar-refractivity contribution < 1.29 is 17.9 Å². The zero-order valence-electron chi connectivity index (χ0n) is 11.7. The fourth-order valence-corrected chi connectivity index (χ4v) is 3.13. The molecule has 0 unspecified atom stereocenters. The van der Waals surface area contributed by atoms with Crippen LogP contribution in [0.1, 0.15) is 42.9 Å². The number of esters is 1. The van der Waals surface area contributed by atoms with E-state index in [1.807, 2.05) is 6.92 Å². The average molecular weight is 305 g/mol. The molecule has 1 heterocycles. The number of nitrogens with one attached hydrogen (secondary N) is 1. The number of ether oxygens (including phenoxy) is 1. The molecule has 0 spiro atoms. The van der Waals surface area contributed by atoms with Gasteiger partial charge in [-0.25, -0.2) is 13.2 Å². The molecular weight excluding hydrogens is 286 g/mol. The summed E-state index contributed by atoms with van der Waals surface area (Å²) in [5, 5.41) is 0.311. The number of hydrogen-bond donors (Lipinski definition) is 1. The lowest BCUT2D eigenvalue weighted by Crippen LogP contribution is -2.33. The third kappa shape index (κ3) is 3.70. The van der Waals surface area contributed by atoms with Crippen LogP contribution in [0.2, 0.25) is 0 Å². The highest BCUT2D eigenvalue weighted by molar-refractivity contribution is 7.94. The molecule has 1 aromatic rings. The average Bonchev–Trinajstić information content (AvgIpc) is 2.57. The maximum Gasteiger partial charge on any atom is 0.341 e. The Balaban J connectivity index is 3.13. The molecular formula is C12H19NO4S2. The number of carbonyl (C=O) groups excluding carboxylic acids is 1. The van der Waals surface area contributed by atoms with Crippen LogP contribution in [-0.4, -0.2) is 25.7 Å². The fourth-order valence-electron chi connectivity index (χ4n) is 1.23. The molecule has 0 atom stereocenters. The SMILES string of the molecule is CCOC(=O)c1cc(C)sc1NS(=O)(=O)C(C)(C)C. The number of thiophene rings is 1. The van der Waals surface area contributed by atoms with E-state index in [4.69, 9.17) is 4.74 Å². The van der Waals surface area contributed by atoms with E-state index in [-0.39, 0.29) is 12.2 Å². The summed E-state index contributed by atoms with van der Waals surface area (Å²) in [4.78, 5) is 12.6. The summed E-state index contributed by atoms with van der Waals surface area (Å²) in [7, 11) is -3.56. The molecule has 1 N–H and O–H groups in total. The maximum absolute atomic E-state index is 12.1. The molecule has 0 fully saturated rings. The van der Waals surface area contributed by atoms with E-state index in [0.717, 1.165) is 4.88 Å². The molecule has 0 bridgehead atoms. The number of aryl methyl sites for hydroxylation is 1. The number of sulfonamides is 1. The maximum atomic E-state index is 12.1. The molecule has 108 valence electrons. The Morgan fingerprint density at radius 2 is 2.00 bits per heavy atom. The number of anilines is 1. The molecule has 0 aliphatic rings. The lowest BCUT2D eigenvalue weighted by atomic mass is 10.3. The summed E-state index contributed by atoms with van der Waals surface area (Å²) < 4.78 is 30.7. The Kier molecular flexibility index (Phi) is 4.63. The Hall–Kier alpha value is -1.08. The first-order chi connectivity index (χ1) is 8.58. The summed E-state index contributed by atoms with van der Waals surface area (Å²) in [5.41, 5.74) is 0.261. The van der Waals surface area contributed by atoms with Gasteiger partial charge in [0.15, 0.2) is 0 Å². The molecule has 0 aliphatic heterocycles. The second kappa shape index (κ2) is 5.50. The molecule has 0 saturated carbocycles. The first-order valence-electron chi connectivity index (χ1n) is 5.88. The van der Waals surface area contributed by atoms with E-state index in [0.29, 0.717) is 5.00 Å². The lowest BCUT2D eigenvalue weighted by molar-refractivity contribution is 0.0528. The smallest absolute Gasteiger partial charge is 0.341 e. The van der Waals surface area contributed by atoms with E-state index in [1.54, 1.807) is 33.8 Å². The van der Waals surface area contributed by atoms with Crippen LogP contribution in [0.4, 0.5) is 5.00 Å². The van der Waals surface area contributed by atoms with Crippen LogP contribution in [0.5, 0.6) is 0 Å². The third-order valence-electron chi connectivity index (χ3n) is 2.38. The summed E-state index contributed by atoms with van der Waals surface area (Å²) >= 11 is 1.22. The largest absolute Gasteiger partial charge is 0.462 e. The number of carbonyl (C=O) groups is 1. The van der Waals surface area contributed by atoms with Crippen LogP contribution < -0.4 is 4.72 Å². The van der Waals surface area contributed by atoms with Crippen molar-refractivity contribution in [3.63, 3.8) is 0 Å². The van der Waals surface area contributed by atoms with Crippen molar-refractivity contribution in [3.8, 4) is 0 Å². The highest BCUT2D eigenvalue weighted by atomic mass is 32.2. The van der Waals surface area contributed by atoms with Gasteiger partial charge in [-0.3, -0.25) is 4.72 Å². The van der Waals surface area contributed by atoms with Crippen molar-refractivity contribution in [2.45, 2.75) is 39.4 Å². The van der Waals surface area contributed by atoms with E-state index in [2.05, 4.69) is 4.72 Å². The van der Waals surface area contributed by atoms with Gasteiger partial charge >= 0.3 is 5.97 Å². The molecule has 0 aliphatic carbocycles. The van der Waals surface area contributed by atoms with E-state index >= 15 is 0 Å². The van der Waals surface area contributed by atoms with Crippen LogP contribution in [0.3, 0.4) is 0 Å². The molecule has 5 nitrogen and oxygen atoms in total. The minimum atomic E-state index is -3.56. The zero-order valence-corrected chi connectivity index (χ0v) is 13.4. The van der Waals surface area contributed by atoms with Crippen LogP contribution in [0, 0.1) is 6.92 Å². The van der Waals surface area contributed by atoms with Gasteiger partial charge in [-0.1, -0.05) is 0 Å². The Morgan fingerprint density at radius 3 is 2.47 bits per heavy atom. The molecule has 0 saturated heterocycles. The van der Waals surface area contributed by atoms with E-state index < -0.39 is 20.7 Å². The molecule has 1 aromatic heterocycles. The van der Waals surface area contributed by atoms with Gasteiger partial charge < -0.3 is 4.74 Å². The van der Waals surface area contributed by atoms with Crippen LogP contribution >= 0.6 is 11.3 Å². The lowest BCUT2D eigenvalue weighted by Gasteiger charge is -2.20. The molecule has 0 aromatic carbocycles. The van der Waals surface area contributed by atoms with Gasteiger partial charge in [-0.15, -0.1) is 11.3 Å². The van der Waals surface area contributed by atoms with Crippen molar-refractivity contribution in [2.24, 2.45) is 0 Å². The van der Waals surface area contributed by atoms with Gasteiger partial charge in [-0.05, 0) is 40.7 Å². The van der Waals surface area contributed by atoms with Crippen LogP contribution in [-0.2, 0) is 14.8 Å². The van der Waals surface area contributed by atoms with E-state index in [1.165, 1.54) is 11.3 Å². The predicted octanol–water partition coefficient (Wildman–Crippen LogP) is 2.77. The second-order valence-corrected chi connectivity index (χ2v) is 8.73. The first kappa shape index (κ1) is 16.0. The van der Waals surface area contributed by atoms with Crippen LogP contribution in [0.15, 0.2) is 6.07 Å². The monoisotopic (exact) mass is 305 g/mol. The van der Waals surface area contributed by atoms with Crippen LogP contribution in [0.25, 0.3) is 0 Å². The van der Waals surface area contributed by atoms with Gasteiger partial charge in [0.05, 0.1) is 16.9 Å². The van der Waals surface area contributed by atoms with Crippen molar-refractivity contribution >= 4 is 32.3 Å². The number of hydrogen-bond acceptors (Lipinski definition) is 5. The predicted molar refractivity (Wildman–Crippen MR) is 77.3 cm³/mol. The molecule has 19 heavy (non-hydrogen) atoms. The number of rotatable bonds is 4. The van der Waals surface area contributed by atoms with Crippen molar-refractivity contribution in [2.75, 3.05) is 11.3 Å².